The Morgan fingerprint density at radius 3 is 1.80 bits per heavy atom. The summed E-state index contributed by atoms with van der Waals surface area (Å²) in [6.07, 6.45) is 0. The van der Waals surface area contributed by atoms with Crippen molar-refractivity contribution in [2.45, 2.75) is 0 Å². The molecule has 0 radical (unpaired) electrons. The van der Waals surface area contributed by atoms with E-state index in [4.69, 9.17) is 15.3 Å². The Kier molecular flexibility index (Phi) is 6.97. The van der Waals surface area contributed by atoms with Crippen LogP contribution in [0, 0.1) is 10.1 Å². The molecule has 0 rings (SSSR count). The van der Waals surface area contributed by atoms with Crippen LogP contribution in [0.4, 0.5) is 0 Å². The van der Waals surface area contributed by atoms with E-state index in [9.17, 15) is 0 Å². The lowest BCUT2D eigenvalue weighted by Gasteiger charge is -1.56. The molecule has 0 unspecified atom stereocenters. The molecular formula is H3INO3+. The maximum atomic E-state index is 8.36. The van der Waals surface area contributed by atoms with Gasteiger partial charge in [-0.1, -0.05) is 0 Å². The molecule has 0 atom stereocenters. The fraction of sp³-hybridized carbons (Fsp3) is 0. The van der Waals surface area contributed by atoms with E-state index >= 15 is 0 Å². The first kappa shape index (κ1) is 8.87. The number of rotatable bonds is 0. The minimum Gasteiger partial charge on any atom is -0.328 e. The van der Waals surface area contributed by atoms with Crippen molar-refractivity contribution < 1.29 is 34.3 Å². The number of nitrogens with zero attached hydrogens (tertiary/aromatic N) is 1. The standard InChI is InChI=1S/H2I.HNO3/c;2-1(3)4/h1H2;(H,2,3,4)/q+1;. The van der Waals surface area contributed by atoms with Gasteiger partial charge < -0.3 is 5.21 Å². The molecule has 0 aromatic carbocycles. The summed E-state index contributed by atoms with van der Waals surface area (Å²) in [6.45, 7) is 0. The lowest BCUT2D eigenvalue weighted by molar-refractivity contribution is -0.742. The predicted molar refractivity (Wildman–Crippen MR) is 11.6 cm³/mol. The van der Waals surface area contributed by atoms with Gasteiger partial charge in [0.2, 0.25) is 24.0 Å². The summed E-state index contributed by atoms with van der Waals surface area (Å²) in [5, 5.41) is 13.6. The quantitative estimate of drug-likeness (QED) is 0.242. The van der Waals surface area contributed by atoms with Crippen LogP contribution in [0.5, 0.6) is 0 Å². The molecule has 0 aliphatic carbocycles. The summed E-state index contributed by atoms with van der Waals surface area (Å²) in [4.78, 5) is 8.36. The van der Waals surface area contributed by atoms with Gasteiger partial charge in [-0.15, -0.1) is 10.1 Å². The summed E-state index contributed by atoms with van der Waals surface area (Å²) in [5.74, 6) is 0. The number of halogens is 1. The van der Waals surface area contributed by atoms with Crippen molar-refractivity contribution in [3.8, 4) is 0 Å². The highest BCUT2D eigenvalue weighted by Gasteiger charge is 1.65. The summed E-state index contributed by atoms with van der Waals surface area (Å²) in [5.41, 5.74) is 0. The molecule has 0 fully saturated rings. The Bertz CT molecular complexity index is 29.9. The van der Waals surface area contributed by atoms with Crippen LogP contribution >= 0.6 is 0 Å². The second-order valence-electron chi connectivity index (χ2n) is 0.238. The lowest BCUT2D eigenvalue weighted by atomic mass is 13.1. The van der Waals surface area contributed by atoms with Crippen LogP contribution in [0.1, 0.15) is 0 Å². The van der Waals surface area contributed by atoms with Crippen LogP contribution in [0.3, 0.4) is 0 Å². The van der Waals surface area contributed by atoms with Gasteiger partial charge in [-0.05, 0) is 0 Å². The van der Waals surface area contributed by atoms with Crippen molar-refractivity contribution in [1.82, 2.24) is 0 Å². The summed E-state index contributed by atoms with van der Waals surface area (Å²) in [6, 6.07) is 0. The van der Waals surface area contributed by atoms with Crippen molar-refractivity contribution in [2.75, 3.05) is 0 Å². The van der Waals surface area contributed by atoms with Crippen LogP contribution in [0.2, 0.25) is 0 Å². The van der Waals surface area contributed by atoms with Gasteiger partial charge in [0.1, 0.15) is 0 Å². The van der Waals surface area contributed by atoms with Crippen molar-refractivity contribution >= 4 is 0 Å². The van der Waals surface area contributed by atoms with E-state index in [1.807, 2.05) is 0 Å². The summed E-state index contributed by atoms with van der Waals surface area (Å²) < 4.78 is 0. The molecule has 5 heteroatoms. The molecular weight excluding hydrogens is 189 g/mol. The van der Waals surface area contributed by atoms with Crippen molar-refractivity contribution in [3.63, 3.8) is 0 Å². The zero-order valence-corrected chi connectivity index (χ0v) is 4.71. The highest BCUT2D eigenvalue weighted by molar-refractivity contribution is 3.83. The molecule has 5 heavy (non-hydrogen) atoms. The van der Waals surface area contributed by atoms with E-state index in [-0.39, 0.29) is 24.0 Å². The molecule has 0 aromatic rings. The van der Waals surface area contributed by atoms with Gasteiger partial charge in [0.25, 0.3) is 5.09 Å². The van der Waals surface area contributed by atoms with Crippen LogP contribution in [-0.4, -0.2) is 10.3 Å². The van der Waals surface area contributed by atoms with E-state index in [2.05, 4.69) is 0 Å². The maximum absolute atomic E-state index is 8.36. The molecule has 4 nitrogen and oxygen atoms in total. The first-order valence-corrected chi connectivity index (χ1v) is 0.565. The molecule has 0 spiro atoms. The Labute approximate surface area is 44.9 Å². The van der Waals surface area contributed by atoms with Crippen molar-refractivity contribution in [2.24, 2.45) is 0 Å². The average molecular weight is 192 g/mol. The van der Waals surface area contributed by atoms with E-state index in [1.54, 1.807) is 0 Å². The first-order valence-electron chi connectivity index (χ1n) is 0.565. The molecule has 0 saturated carbocycles. The topological polar surface area (TPSA) is 63.4 Å². The largest absolute Gasteiger partial charge is 0.328 e. The van der Waals surface area contributed by atoms with E-state index in [1.165, 1.54) is 0 Å². The van der Waals surface area contributed by atoms with E-state index < -0.39 is 5.09 Å². The highest BCUT2D eigenvalue weighted by atomic mass is 127. The lowest BCUT2D eigenvalue weighted by Crippen LogP contribution is -3.00. The summed E-state index contributed by atoms with van der Waals surface area (Å²) in [7, 11) is 0. The zero-order valence-electron chi connectivity index (χ0n) is 2.16. The molecule has 0 saturated heterocycles. The second kappa shape index (κ2) is 3.93. The predicted octanol–water partition coefficient (Wildman–Crippen LogP) is -3.88. The molecule has 0 heterocycles. The minimum atomic E-state index is -1.50. The molecule has 1 N–H and O–H groups in total. The molecule has 0 amide bonds. The molecule has 0 aliphatic heterocycles. The van der Waals surface area contributed by atoms with Gasteiger partial charge in [-0.25, -0.2) is 0 Å². The third-order valence-corrected chi connectivity index (χ3v) is 0. The van der Waals surface area contributed by atoms with Crippen molar-refractivity contribution in [3.05, 3.63) is 10.1 Å². The Hall–Kier alpha value is -0.0700. The molecule has 0 aromatic heterocycles. The van der Waals surface area contributed by atoms with Crippen molar-refractivity contribution in [1.29, 1.82) is 0 Å². The Morgan fingerprint density at radius 2 is 1.80 bits per heavy atom. The highest BCUT2D eigenvalue weighted by Crippen LogP contribution is 1.38. The third-order valence-electron chi connectivity index (χ3n) is 0. The zero-order chi connectivity index (χ0) is 3.58. The van der Waals surface area contributed by atoms with Gasteiger partial charge in [-0.2, -0.15) is 0 Å². The minimum absolute atomic E-state index is 0. The van der Waals surface area contributed by atoms with E-state index in [0.717, 1.165) is 0 Å². The fourth-order valence-electron chi connectivity index (χ4n) is 0. The Balaban J connectivity index is 0. The van der Waals surface area contributed by atoms with Gasteiger partial charge in [-0.3, -0.25) is 0 Å². The van der Waals surface area contributed by atoms with Crippen LogP contribution in [0.25, 0.3) is 0 Å². The number of hydrogen-bond donors (Lipinski definition) is 1. The smallest absolute Gasteiger partial charge is 0.291 e. The SMILES string of the molecule is O=[N+]([O-])O.[IH2+]. The fourth-order valence-corrected chi connectivity index (χ4v) is 0. The van der Waals surface area contributed by atoms with Gasteiger partial charge in [0.15, 0.2) is 0 Å². The normalized spacial score (nSPS) is 4.80. The monoisotopic (exact) mass is 192 g/mol. The first-order chi connectivity index (χ1) is 1.73. The van der Waals surface area contributed by atoms with Crippen LogP contribution in [0.15, 0.2) is 0 Å². The van der Waals surface area contributed by atoms with Crippen LogP contribution in [-0.2, 0) is 0 Å². The second-order valence-corrected chi connectivity index (χ2v) is 0.238. The summed E-state index contributed by atoms with van der Waals surface area (Å²) >= 11 is 0. The molecule has 0 bridgehead atoms. The third kappa shape index (κ3) is 2990. The average Bonchev–Trinajstić information content (AvgIpc) is 0.811. The maximum Gasteiger partial charge on any atom is 0.291 e. The van der Waals surface area contributed by atoms with Gasteiger partial charge >= 0.3 is 0 Å². The van der Waals surface area contributed by atoms with Gasteiger partial charge in [0, 0.05) is 0 Å². The Morgan fingerprint density at radius 1 is 1.80 bits per heavy atom. The number of hydrogen-bond acceptors (Lipinski definition) is 2. The van der Waals surface area contributed by atoms with Gasteiger partial charge in [0.05, 0.1) is 0 Å². The van der Waals surface area contributed by atoms with Crippen LogP contribution < -0.4 is 24.0 Å². The molecule has 0 aliphatic rings. The van der Waals surface area contributed by atoms with E-state index in [0.29, 0.717) is 0 Å². The molecule has 32 valence electrons.